The van der Waals surface area contributed by atoms with Gasteiger partial charge in [-0.3, -0.25) is 0 Å². The van der Waals surface area contributed by atoms with E-state index in [1.165, 1.54) is 9.21 Å². The Hall–Kier alpha value is -1.80. The van der Waals surface area contributed by atoms with Gasteiger partial charge in [-0.05, 0) is 52.0 Å². The van der Waals surface area contributed by atoms with Crippen LogP contribution < -0.4 is 4.74 Å². The molecule has 2 rings (SSSR count). The number of benzene rings is 1. The van der Waals surface area contributed by atoms with Gasteiger partial charge in [0.1, 0.15) is 11.4 Å². The van der Waals surface area contributed by atoms with E-state index in [4.69, 9.17) is 9.47 Å². The molecule has 1 fully saturated rings. The first kappa shape index (κ1) is 19.5. The molecule has 0 bridgehead atoms. The van der Waals surface area contributed by atoms with Crippen LogP contribution in [0.2, 0.25) is 0 Å². The smallest absolute Gasteiger partial charge is 0.409 e. The summed E-state index contributed by atoms with van der Waals surface area (Å²) in [5, 5.41) is 0. The van der Waals surface area contributed by atoms with Gasteiger partial charge in [-0.15, -0.1) is 0 Å². The maximum absolute atomic E-state index is 12.7. The molecule has 8 heteroatoms. The lowest BCUT2D eigenvalue weighted by Crippen LogP contribution is -2.50. The minimum Gasteiger partial charge on any atom is -0.488 e. The molecule has 0 radical (unpaired) electrons. The number of hydrogen-bond acceptors (Lipinski definition) is 5. The Bertz CT molecular complexity index is 687. The topological polar surface area (TPSA) is 76.2 Å². The highest BCUT2D eigenvalue weighted by molar-refractivity contribution is 7.89. The van der Waals surface area contributed by atoms with Gasteiger partial charge >= 0.3 is 6.09 Å². The van der Waals surface area contributed by atoms with E-state index in [1.54, 1.807) is 31.2 Å². The third-order valence-electron chi connectivity index (χ3n) is 3.65. The average Bonchev–Trinajstić information content (AvgIpc) is 2.54. The van der Waals surface area contributed by atoms with Gasteiger partial charge < -0.3 is 14.4 Å². The molecule has 0 atom stereocenters. The molecular weight excluding hydrogens is 344 g/mol. The van der Waals surface area contributed by atoms with Gasteiger partial charge in [-0.1, -0.05) is 0 Å². The summed E-state index contributed by atoms with van der Waals surface area (Å²) in [7, 11) is -3.58. The van der Waals surface area contributed by atoms with Gasteiger partial charge in [0.2, 0.25) is 10.0 Å². The number of rotatable bonds is 4. The van der Waals surface area contributed by atoms with Crippen LogP contribution in [0.4, 0.5) is 4.79 Å². The lowest BCUT2D eigenvalue weighted by atomic mass is 10.2. The van der Waals surface area contributed by atoms with Crippen molar-refractivity contribution in [2.24, 2.45) is 0 Å². The second-order valence-corrected chi connectivity index (χ2v) is 8.71. The van der Waals surface area contributed by atoms with Crippen molar-refractivity contribution >= 4 is 16.1 Å². The van der Waals surface area contributed by atoms with Gasteiger partial charge in [-0.2, -0.15) is 4.31 Å². The zero-order chi connectivity index (χ0) is 18.7. The molecular formula is C17H26N2O5S. The molecule has 1 aromatic carbocycles. The van der Waals surface area contributed by atoms with Crippen molar-refractivity contribution in [3.05, 3.63) is 24.3 Å². The van der Waals surface area contributed by atoms with Crippen molar-refractivity contribution in [1.82, 2.24) is 9.21 Å². The predicted molar refractivity (Wildman–Crippen MR) is 94.2 cm³/mol. The van der Waals surface area contributed by atoms with E-state index in [2.05, 4.69) is 0 Å². The minimum absolute atomic E-state index is 0.221. The van der Waals surface area contributed by atoms with E-state index in [9.17, 15) is 13.2 Å². The highest BCUT2D eigenvalue weighted by atomic mass is 32.2. The molecule has 0 saturated carbocycles. The van der Waals surface area contributed by atoms with E-state index in [0.717, 1.165) is 0 Å². The van der Waals surface area contributed by atoms with Crippen LogP contribution in [-0.2, 0) is 14.8 Å². The molecule has 0 unspecified atom stereocenters. The number of piperazine rings is 1. The highest BCUT2D eigenvalue weighted by Gasteiger charge is 2.30. The highest BCUT2D eigenvalue weighted by Crippen LogP contribution is 2.23. The first-order valence-electron chi connectivity index (χ1n) is 8.34. The molecule has 1 amide bonds. The lowest BCUT2D eigenvalue weighted by molar-refractivity contribution is 0.0934. The Balaban J connectivity index is 2.03. The SMILES string of the molecule is CCOC(=O)N1CCN(S(=O)(=O)c2ccc(OC(C)(C)C)cc2)CC1. The molecule has 0 N–H and O–H groups in total. The standard InChI is InChI=1S/C17H26N2O5S/c1-5-23-16(20)18-10-12-19(13-11-18)25(21,22)15-8-6-14(7-9-15)24-17(2,3)4/h6-9H,5,10-13H2,1-4H3. The summed E-state index contributed by atoms with van der Waals surface area (Å²) in [5.41, 5.74) is -0.343. The summed E-state index contributed by atoms with van der Waals surface area (Å²) in [6.45, 7) is 8.99. The maximum atomic E-state index is 12.7. The van der Waals surface area contributed by atoms with Crippen molar-refractivity contribution in [1.29, 1.82) is 0 Å². The number of sulfonamides is 1. The molecule has 0 spiro atoms. The molecule has 0 aliphatic carbocycles. The zero-order valence-electron chi connectivity index (χ0n) is 15.2. The zero-order valence-corrected chi connectivity index (χ0v) is 16.0. The fraction of sp³-hybridized carbons (Fsp3) is 0.588. The molecule has 1 saturated heterocycles. The third kappa shape index (κ3) is 5.09. The molecule has 0 aromatic heterocycles. The fourth-order valence-corrected chi connectivity index (χ4v) is 3.93. The molecule has 1 aliphatic rings. The van der Waals surface area contributed by atoms with Crippen molar-refractivity contribution in [3.8, 4) is 5.75 Å². The van der Waals surface area contributed by atoms with E-state index in [-0.39, 0.29) is 23.6 Å². The van der Waals surface area contributed by atoms with Crippen molar-refractivity contribution in [2.75, 3.05) is 32.8 Å². The summed E-state index contributed by atoms with van der Waals surface area (Å²) < 4.78 is 37.5. The first-order chi connectivity index (χ1) is 11.6. The van der Waals surface area contributed by atoms with Crippen LogP contribution in [0.5, 0.6) is 5.75 Å². The Morgan fingerprint density at radius 3 is 2.12 bits per heavy atom. The largest absolute Gasteiger partial charge is 0.488 e. The number of carbonyl (C=O) groups excluding carboxylic acids is 1. The van der Waals surface area contributed by atoms with Crippen LogP contribution in [0, 0.1) is 0 Å². The van der Waals surface area contributed by atoms with Crippen LogP contribution in [0.15, 0.2) is 29.2 Å². The van der Waals surface area contributed by atoms with E-state index >= 15 is 0 Å². The molecule has 25 heavy (non-hydrogen) atoms. The van der Waals surface area contributed by atoms with Crippen molar-refractivity contribution in [2.45, 2.75) is 38.2 Å². The average molecular weight is 370 g/mol. The minimum atomic E-state index is -3.58. The summed E-state index contributed by atoms with van der Waals surface area (Å²) in [5.74, 6) is 0.624. The van der Waals surface area contributed by atoms with Crippen molar-refractivity contribution in [3.63, 3.8) is 0 Å². The van der Waals surface area contributed by atoms with E-state index in [1.807, 2.05) is 20.8 Å². The lowest BCUT2D eigenvalue weighted by Gasteiger charge is -2.33. The molecule has 1 aromatic rings. The first-order valence-corrected chi connectivity index (χ1v) is 9.78. The number of hydrogen-bond donors (Lipinski definition) is 0. The Kier molecular flexibility index (Phi) is 5.95. The fourth-order valence-electron chi connectivity index (χ4n) is 2.51. The molecule has 140 valence electrons. The second-order valence-electron chi connectivity index (χ2n) is 6.78. The summed E-state index contributed by atoms with van der Waals surface area (Å²) in [6, 6.07) is 6.42. The second kappa shape index (κ2) is 7.61. The number of ether oxygens (including phenoxy) is 2. The Labute approximate surface area is 149 Å². The normalized spacial score (nSPS) is 16.6. The van der Waals surface area contributed by atoms with Gasteiger partial charge in [-0.25, -0.2) is 13.2 Å². The van der Waals surface area contributed by atoms with Gasteiger partial charge in [0.15, 0.2) is 0 Å². The van der Waals surface area contributed by atoms with Gasteiger partial charge in [0.25, 0.3) is 0 Å². The quantitative estimate of drug-likeness (QED) is 0.813. The van der Waals surface area contributed by atoms with Gasteiger partial charge in [0, 0.05) is 26.2 Å². The van der Waals surface area contributed by atoms with Crippen LogP contribution in [0.1, 0.15) is 27.7 Å². The molecule has 7 nitrogen and oxygen atoms in total. The third-order valence-corrected chi connectivity index (χ3v) is 5.56. The number of amides is 1. The Morgan fingerprint density at radius 2 is 1.64 bits per heavy atom. The van der Waals surface area contributed by atoms with Crippen LogP contribution >= 0.6 is 0 Å². The van der Waals surface area contributed by atoms with Crippen molar-refractivity contribution < 1.29 is 22.7 Å². The van der Waals surface area contributed by atoms with Crippen LogP contribution in [0.3, 0.4) is 0 Å². The van der Waals surface area contributed by atoms with E-state index in [0.29, 0.717) is 25.4 Å². The van der Waals surface area contributed by atoms with E-state index < -0.39 is 16.1 Å². The Morgan fingerprint density at radius 1 is 1.08 bits per heavy atom. The summed E-state index contributed by atoms with van der Waals surface area (Å²) >= 11 is 0. The molecule has 1 aliphatic heterocycles. The summed E-state index contributed by atoms with van der Waals surface area (Å²) in [6.07, 6.45) is -0.400. The van der Waals surface area contributed by atoms with Gasteiger partial charge in [0.05, 0.1) is 11.5 Å². The monoisotopic (exact) mass is 370 g/mol. The number of carbonyl (C=O) groups is 1. The van der Waals surface area contributed by atoms with Crippen LogP contribution in [0.25, 0.3) is 0 Å². The van der Waals surface area contributed by atoms with Crippen LogP contribution in [-0.4, -0.2) is 62.1 Å². The maximum Gasteiger partial charge on any atom is 0.409 e. The predicted octanol–water partition coefficient (Wildman–Crippen LogP) is 2.33. The molecule has 1 heterocycles. The summed E-state index contributed by atoms with van der Waals surface area (Å²) in [4.78, 5) is 13.4. The number of nitrogens with zero attached hydrogens (tertiary/aromatic N) is 2.